The molecule has 0 fully saturated rings. The Balaban J connectivity index is 0.000000420. The molecular weight excluding hydrogens is 524 g/mol. The van der Waals surface area contributed by atoms with Crippen LogP contribution in [0.3, 0.4) is 0 Å². The Bertz CT molecular complexity index is 1580. The van der Waals surface area contributed by atoms with Crippen molar-refractivity contribution in [3.63, 3.8) is 0 Å². The van der Waals surface area contributed by atoms with E-state index in [0.717, 1.165) is 11.4 Å². The quantitative estimate of drug-likeness (QED) is 0.349. The molecule has 0 spiro atoms. The summed E-state index contributed by atoms with van der Waals surface area (Å²) in [7, 11) is 7.58. The molecule has 0 radical (unpaired) electrons. The molecule has 42 heavy (non-hydrogen) atoms. The Labute approximate surface area is 245 Å². The summed E-state index contributed by atoms with van der Waals surface area (Å²) in [5.41, 5.74) is 3.03. The van der Waals surface area contributed by atoms with Gasteiger partial charge in [0.2, 0.25) is 0 Å². The molecule has 0 saturated carbocycles. The SMILES string of the molecule is CN(C)c1ccc(C(C=C(C#N)C#N)=C(C#N)C#N)cc1.CN(C)c1ccc(C(C=C(C#N)C#N)=C(C#N)C#N)cc1. The Morgan fingerprint density at radius 2 is 0.714 bits per heavy atom. The van der Waals surface area contributed by atoms with E-state index in [1.54, 1.807) is 72.8 Å². The fourth-order valence-corrected chi connectivity index (χ4v) is 3.24. The van der Waals surface area contributed by atoms with E-state index in [-0.39, 0.29) is 33.4 Å². The third-order valence-electron chi connectivity index (χ3n) is 5.43. The number of hydrogen-bond donors (Lipinski definition) is 0. The van der Waals surface area contributed by atoms with Gasteiger partial charge in [0.15, 0.2) is 0 Å². The summed E-state index contributed by atoms with van der Waals surface area (Å²) in [6.45, 7) is 0. The molecule has 0 saturated heterocycles. The molecule has 0 aromatic heterocycles. The summed E-state index contributed by atoms with van der Waals surface area (Å²) in [5, 5.41) is 71.4. The minimum absolute atomic E-state index is 0.143. The normalized spacial score (nSPS) is 8.29. The Morgan fingerprint density at radius 1 is 0.452 bits per heavy atom. The number of nitriles is 8. The van der Waals surface area contributed by atoms with Gasteiger partial charge in [0, 0.05) is 50.7 Å². The smallest absolute Gasteiger partial charge is 0.137 e. The van der Waals surface area contributed by atoms with Crippen LogP contribution >= 0.6 is 0 Å². The van der Waals surface area contributed by atoms with Gasteiger partial charge in [-0.2, -0.15) is 42.1 Å². The van der Waals surface area contributed by atoms with Crippen molar-refractivity contribution in [2.45, 2.75) is 0 Å². The summed E-state index contributed by atoms with van der Waals surface area (Å²) in [6, 6.07) is 28.3. The van der Waals surface area contributed by atoms with Gasteiger partial charge in [0.25, 0.3) is 0 Å². The van der Waals surface area contributed by atoms with E-state index in [4.69, 9.17) is 42.1 Å². The molecule has 0 amide bonds. The first kappa shape index (κ1) is 32.9. The molecule has 2 aromatic rings. The van der Waals surface area contributed by atoms with Crippen LogP contribution in [0.15, 0.2) is 83.0 Å². The zero-order valence-corrected chi connectivity index (χ0v) is 23.2. The fourth-order valence-electron chi connectivity index (χ4n) is 3.24. The highest BCUT2D eigenvalue weighted by molar-refractivity contribution is 5.85. The molecule has 0 bridgehead atoms. The third kappa shape index (κ3) is 9.04. The molecule has 0 atom stereocenters. The van der Waals surface area contributed by atoms with Crippen LogP contribution in [0, 0.1) is 90.6 Å². The lowest BCUT2D eigenvalue weighted by Crippen LogP contribution is -2.08. The maximum atomic E-state index is 9.03. The number of hydrogen-bond acceptors (Lipinski definition) is 10. The fraction of sp³-hybridized carbons (Fsp3) is 0.125. The molecular formula is C32H22N10. The van der Waals surface area contributed by atoms with Gasteiger partial charge >= 0.3 is 0 Å². The Morgan fingerprint density at radius 3 is 0.905 bits per heavy atom. The average molecular weight is 547 g/mol. The molecule has 200 valence electrons. The monoisotopic (exact) mass is 546 g/mol. The highest BCUT2D eigenvalue weighted by atomic mass is 15.1. The van der Waals surface area contributed by atoms with Gasteiger partial charge in [-0.1, -0.05) is 24.3 Å². The molecule has 0 unspecified atom stereocenters. The van der Waals surface area contributed by atoms with Gasteiger partial charge in [-0.05, 0) is 47.5 Å². The molecule has 2 aromatic carbocycles. The number of allylic oxidation sites excluding steroid dienone is 8. The van der Waals surface area contributed by atoms with Crippen LogP contribution in [-0.4, -0.2) is 28.2 Å². The highest BCUT2D eigenvalue weighted by Crippen LogP contribution is 2.25. The molecule has 2 rings (SSSR count). The van der Waals surface area contributed by atoms with E-state index in [9.17, 15) is 0 Å². The standard InChI is InChI=1S/2C16H11N5/c2*1-21(2)15-5-3-13(4-6-15)16(14(10-19)11-20)7-12(8-17)9-18/h2*3-7H,1-2H3. The number of anilines is 2. The predicted octanol–water partition coefficient (Wildman–Crippen LogP) is 5.05. The van der Waals surface area contributed by atoms with Crippen molar-refractivity contribution in [2.75, 3.05) is 38.0 Å². The van der Waals surface area contributed by atoms with Crippen LogP contribution in [0.2, 0.25) is 0 Å². The van der Waals surface area contributed by atoms with E-state index in [1.165, 1.54) is 12.2 Å². The summed E-state index contributed by atoms with van der Waals surface area (Å²) < 4.78 is 0. The van der Waals surface area contributed by atoms with Gasteiger partial charge in [0.1, 0.15) is 70.8 Å². The number of nitrogens with zero attached hydrogens (tertiary/aromatic N) is 10. The van der Waals surface area contributed by atoms with Crippen molar-refractivity contribution in [1.82, 2.24) is 0 Å². The molecule has 0 aliphatic heterocycles. The van der Waals surface area contributed by atoms with Crippen molar-refractivity contribution in [3.05, 3.63) is 94.1 Å². The summed E-state index contributed by atoms with van der Waals surface area (Å²) in [4.78, 5) is 3.82. The molecule has 10 nitrogen and oxygen atoms in total. The van der Waals surface area contributed by atoms with E-state index >= 15 is 0 Å². The summed E-state index contributed by atoms with van der Waals surface area (Å²) in [5.74, 6) is 0. The Kier molecular flexibility index (Phi) is 13.1. The first-order valence-electron chi connectivity index (χ1n) is 11.8. The van der Waals surface area contributed by atoms with E-state index in [1.807, 2.05) is 62.3 Å². The van der Waals surface area contributed by atoms with E-state index in [2.05, 4.69) is 0 Å². The summed E-state index contributed by atoms with van der Waals surface area (Å²) in [6.07, 6.45) is 2.51. The molecule has 10 heteroatoms. The van der Waals surface area contributed by atoms with Gasteiger partial charge in [-0.15, -0.1) is 0 Å². The molecule has 0 aliphatic carbocycles. The maximum absolute atomic E-state index is 9.03. The van der Waals surface area contributed by atoms with Crippen molar-refractivity contribution >= 4 is 22.5 Å². The zero-order valence-electron chi connectivity index (χ0n) is 23.2. The largest absolute Gasteiger partial charge is 0.378 e. The minimum Gasteiger partial charge on any atom is -0.378 e. The van der Waals surface area contributed by atoms with Crippen LogP contribution in [0.4, 0.5) is 11.4 Å². The van der Waals surface area contributed by atoms with Crippen molar-refractivity contribution in [1.29, 1.82) is 42.1 Å². The van der Waals surface area contributed by atoms with Gasteiger partial charge in [-0.25, -0.2) is 0 Å². The highest BCUT2D eigenvalue weighted by Gasteiger charge is 2.10. The number of benzene rings is 2. The lowest BCUT2D eigenvalue weighted by molar-refractivity contribution is 1.13. The molecule has 0 N–H and O–H groups in total. The van der Waals surface area contributed by atoms with Crippen molar-refractivity contribution < 1.29 is 0 Å². The van der Waals surface area contributed by atoms with Gasteiger partial charge < -0.3 is 9.80 Å². The zero-order chi connectivity index (χ0) is 31.7. The van der Waals surface area contributed by atoms with Crippen LogP contribution < -0.4 is 9.80 Å². The van der Waals surface area contributed by atoms with Crippen LogP contribution in [-0.2, 0) is 0 Å². The lowest BCUT2D eigenvalue weighted by Gasteiger charge is -2.13. The van der Waals surface area contributed by atoms with Gasteiger partial charge in [-0.3, -0.25) is 0 Å². The maximum Gasteiger partial charge on any atom is 0.137 e. The number of rotatable bonds is 6. The predicted molar refractivity (Wildman–Crippen MR) is 156 cm³/mol. The molecule has 0 aliphatic rings. The van der Waals surface area contributed by atoms with Crippen LogP contribution in [0.1, 0.15) is 11.1 Å². The first-order chi connectivity index (χ1) is 20.1. The van der Waals surface area contributed by atoms with Crippen LogP contribution in [0.25, 0.3) is 11.1 Å². The van der Waals surface area contributed by atoms with Crippen molar-refractivity contribution in [3.8, 4) is 48.6 Å². The topological polar surface area (TPSA) is 197 Å². The average Bonchev–Trinajstić information content (AvgIpc) is 3.02. The van der Waals surface area contributed by atoms with E-state index < -0.39 is 0 Å². The second kappa shape index (κ2) is 16.7. The van der Waals surface area contributed by atoms with Gasteiger partial charge in [0.05, 0.1) is 0 Å². The second-order valence-corrected chi connectivity index (χ2v) is 8.47. The minimum atomic E-state index is -0.162. The Hall–Kier alpha value is -7.08. The first-order valence-corrected chi connectivity index (χ1v) is 11.8. The van der Waals surface area contributed by atoms with Crippen LogP contribution in [0.5, 0.6) is 0 Å². The second-order valence-electron chi connectivity index (χ2n) is 8.47. The summed E-state index contributed by atoms with van der Waals surface area (Å²) >= 11 is 0. The van der Waals surface area contributed by atoms with E-state index in [0.29, 0.717) is 11.1 Å². The third-order valence-corrected chi connectivity index (χ3v) is 5.43. The van der Waals surface area contributed by atoms with Crippen molar-refractivity contribution in [2.24, 2.45) is 0 Å². The molecule has 0 heterocycles. The lowest BCUT2D eigenvalue weighted by atomic mass is 9.98.